The summed E-state index contributed by atoms with van der Waals surface area (Å²) in [6.45, 7) is 19.8. The molecule has 5 rings (SSSR count). The summed E-state index contributed by atoms with van der Waals surface area (Å²) in [5.74, 6) is 1.07. The van der Waals surface area contributed by atoms with Crippen molar-refractivity contribution in [1.82, 2.24) is 9.88 Å². The third-order valence-corrected chi connectivity index (χ3v) is 10.5. The summed E-state index contributed by atoms with van der Waals surface area (Å²) in [5.41, 5.74) is 3.78. The lowest BCUT2D eigenvalue weighted by Gasteiger charge is -2.19. The minimum Gasteiger partial charge on any atom is -0.444 e. The number of aliphatic hydroxyl groups is 1. The summed E-state index contributed by atoms with van der Waals surface area (Å²) in [6, 6.07) is 2.20. The van der Waals surface area contributed by atoms with Crippen molar-refractivity contribution in [3.05, 3.63) is 39.1 Å². The molecule has 0 spiro atoms. The fraction of sp³-hybridized carbons (Fsp3) is 0.538. The molecule has 2 unspecified atom stereocenters. The molecule has 0 bridgehead atoms. The molecule has 56 heavy (non-hydrogen) atoms. The van der Waals surface area contributed by atoms with E-state index in [1.165, 1.54) is 13.1 Å². The van der Waals surface area contributed by atoms with Crippen LogP contribution in [0.3, 0.4) is 0 Å². The molecule has 2 aromatic heterocycles. The van der Waals surface area contributed by atoms with Crippen molar-refractivity contribution in [2.75, 3.05) is 18.4 Å². The van der Waals surface area contributed by atoms with E-state index in [0.717, 1.165) is 87.5 Å². The molecule has 10 radical (unpaired) electrons. The van der Waals surface area contributed by atoms with E-state index in [-0.39, 0.29) is 15.3 Å². The molecular formula is C39H50B5FN5O4PS. The Morgan fingerprint density at radius 2 is 1.84 bits per heavy atom. The van der Waals surface area contributed by atoms with Gasteiger partial charge >= 0.3 is 6.09 Å². The molecule has 17 heteroatoms. The van der Waals surface area contributed by atoms with Crippen molar-refractivity contribution in [3.8, 4) is 17.3 Å². The fourth-order valence-electron chi connectivity index (χ4n) is 6.28. The normalized spacial score (nSPS) is 16.7. The van der Waals surface area contributed by atoms with Crippen LogP contribution in [0.1, 0.15) is 105 Å². The average molecular weight is 789 g/mol. The van der Waals surface area contributed by atoms with Crippen molar-refractivity contribution in [2.24, 2.45) is 10.9 Å². The summed E-state index contributed by atoms with van der Waals surface area (Å²) in [4.78, 5) is 24.5. The van der Waals surface area contributed by atoms with Gasteiger partial charge in [0, 0.05) is 35.5 Å². The Morgan fingerprint density at radius 3 is 2.34 bits per heavy atom. The third-order valence-electron chi connectivity index (χ3n) is 8.83. The number of hydrogen-bond donors (Lipinski definition) is 2. The minimum atomic E-state index is -1.50. The van der Waals surface area contributed by atoms with E-state index in [9.17, 15) is 10.1 Å². The van der Waals surface area contributed by atoms with Crippen LogP contribution in [0.15, 0.2) is 11.2 Å². The first-order valence-corrected chi connectivity index (χ1v) is 20.0. The first kappa shape index (κ1) is 47.3. The lowest BCUT2D eigenvalue weighted by Crippen LogP contribution is -2.41. The highest BCUT2D eigenvalue weighted by Gasteiger charge is 2.29. The highest BCUT2D eigenvalue weighted by atomic mass is 32.1. The van der Waals surface area contributed by atoms with Crippen LogP contribution < -0.4 is 21.1 Å². The van der Waals surface area contributed by atoms with Gasteiger partial charge in [-0.2, -0.15) is 5.26 Å². The van der Waals surface area contributed by atoms with Gasteiger partial charge in [0.2, 0.25) is 0 Å². The minimum absolute atomic E-state index is 0.142. The van der Waals surface area contributed by atoms with Crippen LogP contribution in [0.5, 0.6) is 0 Å². The number of carbonyl (C=O) groups is 1. The number of anilines is 1. The summed E-state index contributed by atoms with van der Waals surface area (Å²) in [6.07, 6.45) is 6.00. The van der Waals surface area contributed by atoms with E-state index in [2.05, 4.69) is 73.9 Å². The van der Waals surface area contributed by atoms with Crippen LogP contribution in [0.4, 0.5) is 14.2 Å². The first-order valence-electron chi connectivity index (χ1n) is 18.6. The molecule has 2 aliphatic rings. The number of nitrogens with zero attached hydrogens (tertiary/aromatic N) is 4. The quantitative estimate of drug-likeness (QED) is 0.151. The molecule has 4 heterocycles. The van der Waals surface area contributed by atoms with E-state index in [1.54, 1.807) is 20.8 Å². The van der Waals surface area contributed by atoms with Crippen LogP contribution >= 0.6 is 20.6 Å². The number of pyridine rings is 1. The number of thiophene rings is 1. The molecule has 3 aromatic rings. The smallest absolute Gasteiger partial charge is 0.412 e. The van der Waals surface area contributed by atoms with E-state index in [1.807, 2.05) is 13.1 Å². The molecule has 1 amide bonds. The van der Waals surface area contributed by atoms with Gasteiger partial charge in [0.15, 0.2) is 5.82 Å². The monoisotopic (exact) mass is 789 g/mol. The van der Waals surface area contributed by atoms with E-state index in [0.29, 0.717) is 36.6 Å². The number of rotatable bonds is 6. The zero-order valence-corrected chi connectivity index (χ0v) is 36.1. The summed E-state index contributed by atoms with van der Waals surface area (Å²) >= 11 is 0.998. The second-order valence-electron chi connectivity index (χ2n) is 15.6. The van der Waals surface area contributed by atoms with E-state index in [4.69, 9.17) is 43.1 Å². The maximum Gasteiger partial charge on any atom is 0.412 e. The highest BCUT2D eigenvalue weighted by molar-refractivity contribution is 7.28. The zero-order valence-electron chi connectivity index (χ0n) is 34.1. The lowest BCUT2D eigenvalue weighted by atomic mass is 9.41. The number of likely N-dealkylation sites (tertiary alicyclic amines) is 1. The Morgan fingerprint density at radius 1 is 1.21 bits per heavy atom. The van der Waals surface area contributed by atoms with Crippen LogP contribution in [0, 0.1) is 23.1 Å². The van der Waals surface area contributed by atoms with Gasteiger partial charge in [0.1, 0.15) is 22.5 Å². The Hall–Kier alpha value is -3.10. The number of ether oxygens (including phenoxy) is 2. The average Bonchev–Trinajstić information content (AvgIpc) is 3.81. The fourth-order valence-corrected chi connectivity index (χ4v) is 8.03. The molecule has 288 valence electrons. The number of aliphatic imine (C=N–C) groups is 1. The second kappa shape index (κ2) is 19.6. The Balaban J connectivity index is 0.000000609. The molecule has 9 nitrogen and oxygen atoms in total. The van der Waals surface area contributed by atoms with Crippen LogP contribution in [0.25, 0.3) is 33.1 Å². The van der Waals surface area contributed by atoms with Crippen molar-refractivity contribution in [2.45, 2.75) is 117 Å². The van der Waals surface area contributed by atoms with Crippen molar-refractivity contribution in [1.29, 1.82) is 5.26 Å². The van der Waals surface area contributed by atoms with E-state index >= 15 is 4.39 Å². The maximum absolute atomic E-state index is 15.3. The third kappa shape index (κ3) is 13.0. The Labute approximate surface area is 344 Å². The van der Waals surface area contributed by atoms with Gasteiger partial charge < -0.3 is 19.5 Å². The van der Waals surface area contributed by atoms with Gasteiger partial charge in [-0.3, -0.25) is 10.3 Å². The lowest BCUT2D eigenvalue weighted by molar-refractivity contribution is 0.0636. The molecule has 0 aliphatic carbocycles. The zero-order chi connectivity index (χ0) is 42.3. The molecule has 2 N–H and O–H groups in total. The summed E-state index contributed by atoms with van der Waals surface area (Å²) in [7, 11) is 27.9. The maximum atomic E-state index is 15.3. The number of carbonyl (C=O) groups excluding carboxylic acids is 1. The number of aromatic nitrogens is 1. The van der Waals surface area contributed by atoms with Gasteiger partial charge in [0.25, 0.3) is 0 Å². The molecule has 1 aromatic carbocycles. The number of amides is 1. The number of nitriles is 1. The second-order valence-corrected chi connectivity index (χ2v) is 17.2. The molecular weight excluding hydrogens is 739 g/mol. The van der Waals surface area contributed by atoms with E-state index < -0.39 is 28.0 Å². The number of nitrogens with one attached hydrogen (secondary N) is 1. The van der Waals surface area contributed by atoms with Crippen LogP contribution in [0.2, 0.25) is 5.11 Å². The molecule has 0 saturated carbocycles. The van der Waals surface area contributed by atoms with Crippen molar-refractivity contribution in [3.63, 3.8) is 0 Å². The largest absolute Gasteiger partial charge is 0.444 e. The van der Waals surface area contributed by atoms with Gasteiger partial charge in [-0.05, 0) is 80.4 Å². The SMILES string of the molecule is CCC(C)=c1c(P)c(-c2ncc(F)c3sc(NC(=O)OC(C)(C)C)c(C#N)c23)c2c(/c1=C/N=C(C)N1CCC(C)C1)COC2.[B]C([B])(C)O.[B]C([B])([B])CCC. The number of amidine groups is 1. The Kier molecular flexibility index (Phi) is 16.5. The summed E-state index contributed by atoms with van der Waals surface area (Å²) < 4.78 is 27.0. The molecule has 1 saturated heterocycles. The topological polar surface area (TPSA) is 120 Å². The van der Waals surface area contributed by atoms with Gasteiger partial charge in [-0.1, -0.05) is 46.1 Å². The summed E-state index contributed by atoms with van der Waals surface area (Å²) in [5, 5.41) is 22.1. The number of hydrogen-bond acceptors (Lipinski definition) is 8. The van der Waals surface area contributed by atoms with Gasteiger partial charge in [-0.25, -0.2) is 14.2 Å². The Bertz CT molecular complexity index is 2100. The predicted octanol–water partition coefficient (Wildman–Crippen LogP) is 5.29. The number of fused-ring (bicyclic) bond motifs is 2. The number of halogens is 1. The van der Waals surface area contributed by atoms with Crippen molar-refractivity contribution >= 4 is 104 Å². The van der Waals surface area contributed by atoms with Crippen molar-refractivity contribution < 1.29 is 23.8 Å². The molecule has 1 fully saturated rings. The standard InChI is InChI=1S/C33H39FN5O3PS.C4H7B3.C2H4B2O/c1-8-18(3)25-21(12-36-19(4)39-10-9-17(2)14-39)22-15-41-16-23(22)26(29(25)43)28-27-20(11-35)31(38-32(40)42-33(5,6)7)44-30(27)24(34)13-37-28;1-2-3-4(5,6)7;1-2(3,4)5/h12-13,17H,8-10,14-16,43H2,1-7H3,(H,38,40);2-3H2,1H3;5H,1H3/b21-12-,25-18?,36-19?;;. The van der Waals surface area contributed by atoms with Crippen LogP contribution in [-0.4, -0.2) is 90.2 Å². The number of benzene rings is 1. The first-order chi connectivity index (χ1) is 25.9. The van der Waals surface area contributed by atoms with Gasteiger partial charge in [-0.15, -0.1) is 25.7 Å². The molecule has 2 aliphatic heterocycles. The highest BCUT2D eigenvalue weighted by Crippen LogP contribution is 2.42. The predicted molar refractivity (Wildman–Crippen MR) is 236 cm³/mol. The van der Waals surface area contributed by atoms with Gasteiger partial charge in [0.05, 0.1) is 74.6 Å². The molecule has 2 atom stereocenters. The van der Waals surface area contributed by atoms with Crippen LogP contribution in [-0.2, 0) is 22.7 Å².